The smallest absolute Gasteiger partial charge is 0.133 e. The molecule has 0 spiro atoms. The molecule has 0 atom stereocenters. The molecule has 2 aromatic heterocycles. The Morgan fingerprint density at radius 3 is 2.74 bits per heavy atom. The minimum Gasteiger partial charge on any atom is -0.367 e. The van der Waals surface area contributed by atoms with Crippen LogP contribution in [0.4, 0.5) is 11.6 Å². The molecule has 0 unspecified atom stereocenters. The van der Waals surface area contributed by atoms with Gasteiger partial charge in [-0.05, 0) is 12.8 Å². The van der Waals surface area contributed by atoms with E-state index in [2.05, 4.69) is 30.5 Å². The van der Waals surface area contributed by atoms with Crippen LogP contribution in [0, 0.1) is 0 Å². The van der Waals surface area contributed by atoms with Gasteiger partial charge in [-0.25, -0.2) is 9.97 Å². The predicted molar refractivity (Wildman–Crippen MR) is 89.5 cm³/mol. The van der Waals surface area contributed by atoms with Crippen LogP contribution in [0.2, 0.25) is 0 Å². The number of anilines is 2. The van der Waals surface area contributed by atoms with E-state index in [1.54, 1.807) is 12.5 Å². The van der Waals surface area contributed by atoms with E-state index >= 15 is 0 Å². The zero-order valence-electron chi connectivity index (χ0n) is 13.8. The molecule has 1 saturated heterocycles. The number of hydrogen-bond donors (Lipinski definition) is 1. The summed E-state index contributed by atoms with van der Waals surface area (Å²) in [6, 6.07) is 2.47. The molecule has 23 heavy (non-hydrogen) atoms. The van der Waals surface area contributed by atoms with Crippen molar-refractivity contribution in [3.8, 4) is 0 Å². The molecule has 2 aromatic rings. The van der Waals surface area contributed by atoms with Crippen molar-refractivity contribution < 1.29 is 0 Å². The lowest BCUT2D eigenvalue weighted by Gasteiger charge is -2.32. The summed E-state index contributed by atoms with van der Waals surface area (Å²) in [5, 5.41) is 11.4. The molecule has 1 aliphatic rings. The average Bonchev–Trinajstić information content (AvgIpc) is 3.08. The first-order valence-electron chi connectivity index (χ1n) is 8.03. The molecule has 124 valence electrons. The lowest BCUT2D eigenvalue weighted by molar-refractivity contribution is 0.208. The third-order valence-corrected chi connectivity index (χ3v) is 4.17. The number of hydrogen-bond acceptors (Lipinski definition) is 7. The zero-order valence-corrected chi connectivity index (χ0v) is 13.8. The maximum atomic E-state index is 4.32. The van der Waals surface area contributed by atoms with Crippen molar-refractivity contribution in [2.75, 3.05) is 43.9 Å². The lowest BCUT2D eigenvalue weighted by Crippen LogP contribution is -2.40. The van der Waals surface area contributed by atoms with Gasteiger partial charge in [-0.2, -0.15) is 0 Å². The van der Waals surface area contributed by atoms with Gasteiger partial charge < -0.3 is 15.1 Å². The van der Waals surface area contributed by atoms with Crippen molar-refractivity contribution >= 4 is 11.6 Å². The summed E-state index contributed by atoms with van der Waals surface area (Å²) >= 11 is 0. The Labute approximate surface area is 136 Å². The van der Waals surface area contributed by atoms with Crippen LogP contribution in [0.5, 0.6) is 0 Å². The first-order valence-corrected chi connectivity index (χ1v) is 8.03. The lowest BCUT2D eigenvalue weighted by atomic mass is 10.1. The third kappa shape index (κ3) is 4.38. The average molecular weight is 316 g/mol. The topological polar surface area (TPSA) is 75.0 Å². The first-order chi connectivity index (χ1) is 11.2. The van der Waals surface area contributed by atoms with E-state index in [0.29, 0.717) is 6.04 Å². The number of nitrogens with zero attached hydrogens (tertiary/aromatic N) is 7. The van der Waals surface area contributed by atoms with Gasteiger partial charge in [0.1, 0.15) is 18.0 Å². The molecule has 8 heteroatoms. The number of rotatable bonds is 6. The molecule has 1 N–H and O–H groups in total. The summed E-state index contributed by atoms with van der Waals surface area (Å²) in [4.78, 5) is 13.0. The van der Waals surface area contributed by atoms with Crippen LogP contribution in [0.3, 0.4) is 0 Å². The molecule has 3 rings (SSSR count). The molecular formula is C15H24N8. The van der Waals surface area contributed by atoms with Gasteiger partial charge in [-0.3, -0.25) is 4.68 Å². The summed E-state index contributed by atoms with van der Waals surface area (Å²) in [6.07, 6.45) is 7.49. The monoisotopic (exact) mass is 316 g/mol. The van der Waals surface area contributed by atoms with Crippen LogP contribution >= 0.6 is 0 Å². The van der Waals surface area contributed by atoms with Crippen molar-refractivity contribution in [1.29, 1.82) is 0 Å². The third-order valence-electron chi connectivity index (χ3n) is 4.17. The highest BCUT2D eigenvalue weighted by molar-refractivity contribution is 5.47. The molecule has 0 saturated carbocycles. The summed E-state index contributed by atoms with van der Waals surface area (Å²) in [7, 11) is 3.97. The largest absolute Gasteiger partial charge is 0.367 e. The van der Waals surface area contributed by atoms with E-state index in [9.17, 15) is 0 Å². The minimum atomic E-state index is 0.475. The van der Waals surface area contributed by atoms with Gasteiger partial charge in [-0.15, -0.1) is 5.10 Å². The van der Waals surface area contributed by atoms with Crippen molar-refractivity contribution in [3.05, 3.63) is 24.8 Å². The maximum Gasteiger partial charge on any atom is 0.133 e. The summed E-state index contributed by atoms with van der Waals surface area (Å²) in [5.74, 6) is 1.83. The Morgan fingerprint density at radius 2 is 2.04 bits per heavy atom. The summed E-state index contributed by atoms with van der Waals surface area (Å²) in [6.45, 7) is 4.11. The highest BCUT2D eigenvalue weighted by Gasteiger charge is 2.19. The molecule has 0 amide bonds. The Balaban J connectivity index is 1.44. The molecule has 0 aromatic carbocycles. The highest BCUT2D eigenvalue weighted by atomic mass is 15.4. The van der Waals surface area contributed by atoms with Gasteiger partial charge in [-0.1, -0.05) is 5.21 Å². The van der Waals surface area contributed by atoms with Crippen molar-refractivity contribution in [3.63, 3.8) is 0 Å². The SMILES string of the molecule is CN(C)c1cc(NC2CCN(CCn3ccnn3)CC2)ncn1. The Bertz CT molecular complexity index is 589. The predicted octanol–water partition coefficient (Wildman–Crippen LogP) is 0.711. The van der Waals surface area contributed by atoms with Crippen LogP contribution in [0.15, 0.2) is 24.8 Å². The molecule has 0 bridgehead atoms. The molecule has 0 radical (unpaired) electrons. The number of nitrogens with one attached hydrogen (secondary N) is 1. The van der Waals surface area contributed by atoms with E-state index in [0.717, 1.165) is 50.7 Å². The fourth-order valence-corrected chi connectivity index (χ4v) is 2.78. The van der Waals surface area contributed by atoms with E-state index < -0.39 is 0 Å². The standard InChI is InChI=1S/C15H24N8/c1-21(2)15-11-14(16-12-17-15)19-13-3-6-22(7-4-13)9-10-23-8-5-18-20-23/h5,8,11-13H,3-4,6-7,9-10H2,1-2H3,(H,16,17,19). The first kappa shape index (κ1) is 15.7. The Hall–Kier alpha value is -2.22. The number of aromatic nitrogens is 5. The van der Waals surface area contributed by atoms with Crippen LogP contribution < -0.4 is 10.2 Å². The van der Waals surface area contributed by atoms with E-state index in [1.165, 1.54) is 0 Å². The quantitative estimate of drug-likeness (QED) is 0.841. The van der Waals surface area contributed by atoms with Crippen molar-refractivity contribution in [1.82, 2.24) is 29.9 Å². The fourth-order valence-electron chi connectivity index (χ4n) is 2.78. The maximum absolute atomic E-state index is 4.32. The summed E-state index contributed by atoms with van der Waals surface area (Å²) in [5.41, 5.74) is 0. The van der Waals surface area contributed by atoms with Crippen LogP contribution in [-0.2, 0) is 6.54 Å². The van der Waals surface area contributed by atoms with Gasteiger partial charge >= 0.3 is 0 Å². The van der Waals surface area contributed by atoms with Crippen molar-refractivity contribution in [2.24, 2.45) is 0 Å². The van der Waals surface area contributed by atoms with Gasteiger partial charge in [0.25, 0.3) is 0 Å². The Morgan fingerprint density at radius 1 is 1.22 bits per heavy atom. The van der Waals surface area contributed by atoms with Crippen LogP contribution in [0.1, 0.15) is 12.8 Å². The molecule has 3 heterocycles. The van der Waals surface area contributed by atoms with Gasteiger partial charge in [0.2, 0.25) is 0 Å². The van der Waals surface area contributed by atoms with E-state index in [1.807, 2.05) is 35.9 Å². The molecule has 8 nitrogen and oxygen atoms in total. The zero-order chi connectivity index (χ0) is 16.1. The number of likely N-dealkylation sites (tertiary alicyclic amines) is 1. The highest BCUT2D eigenvalue weighted by Crippen LogP contribution is 2.17. The fraction of sp³-hybridized carbons (Fsp3) is 0.600. The van der Waals surface area contributed by atoms with Crippen LogP contribution in [-0.4, -0.2) is 69.6 Å². The number of piperidine rings is 1. The summed E-state index contributed by atoms with van der Waals surface area (Å²) < 4.78 is 1.88. The molecule has 1 fully saturated rings. The van der Waals surface area contributed by atoms with Gasteiger partial charge in [0, 0.05) is 52.0 Å². The van der Waals surface area contributed by atoms with E-state index in [4.69, 9.17) is 0 Å². The minimum absolute atomic E-state index is 0.475. The van der Waals surface area contributed by atoms with Gasteiger partial charge in [0.15, 0.2) is 0 Å². The normalized spacial score (nSPS) is 16.4. The second-order valence-electron chi connectivity index (χ2n) is 6.08. The molecule has 0 aliphatic carbocycles. The molecular weight excluding hydrogens is 292 g/mol. The van der Waals surface area contributed by atoms with E-state index in [-0.39, 0.29) is 0 Å². The van der Waals surface area contributed by atoms with Crippen molar-refractivity contribution in [2.45, 2.75) is 25.4 Å². The second kappa shape index (κ2) is 7.36. The Kier molecular flexibility index (Phi) is 5.02. The van der Waals surface area contributed by atoms with Gasteiger partial charge in [0.05, 0.1) is 12.7 Å². The van der Waals surface area contributed by atoms with Crippen LogP contribution in [0.25, 0.3) is 0 Å². The molecule has 1 aliphatic heterocycles. The second-order valence-corrected chi connectivity index (χ2v) is 6.08.